The van der Waals surface area contributed by atoms with Gasteiger partial charge in [-0.05, 0) is 43.2 Å². The first-order chi connectivity index (χ1) is 14.6. The summed E-state index contributed by atoms with van der Waals surface area (Å²) in [7, 11) is -3.90. The molecule has 31 heavy (non-hydrogen) atoms. The number of alkyl halides is 3. The van der Waals surface area contributed by atoms with Crippen LogP contribution >= 0.6 is 0 Å². The lowest BCUT2D eigenvalue weighted by Crippen LogP contribution is -2.20. The van der Waals surface area contributed by atoms with Gasteiger partial charge < -0.3 is 4.74 Å². The molecule has 0 saturated heterocycles. The quantitative estimate of drug-likeness (QED) is 0.441. The second-order valence-electron chi connectivity index (χ2n) is 6.50. The number of benzene rings is 1. The smallest absolute Gasteiger partial charge is 0.416 e. The number of carbonyl (C=O) groups excluding carboxylic acids is 1. The van der Waals surface area contributed by atoms with Crippen molar-refractivity contribution >= 4 is 21.5 Å². The van der Waals surface area contributed by atoms with Crippen LogP contribution in [0.3, 0.4) is 0 Å². The van der Waals surface area contributed by atoms with Crippen molar-refractivity contribution in [2.75, 3.05) is 12.4 Å². The van der Waals surface area contributed by atoms with Crippen LogP contribution in [0.4, 0.5) is 13.2 Å². The first-order valence-electron chi connectivity index (χ1n) is 9.10. The number of rotatable bonds is 5. The van der Waals surface area contributed by atoms with Gasteiger partial charge in [0.05, 0.1) is 23.6 Å². The van der Waals surface area contributed by atoms with Gasteiger partial charge in [0.1, 0.15) is 17.1 Å². The molecule has 0 radical (unpaired) electrons. The summed E-state index contributed by atoms with van der Waals surface area (Å²) in [5, 5.41) is 0. The highest BCUT2D eigenvalue weighted by atomic mass is 32.2. The molecular weight excluding hydrogens is 433 g/mol. The van der Waals surface area contributed by atoms with Crippen LogP contribution in [0.25, 0.3) is 5.65 Å². The Morgan fingerprint density at radius 3 is 2.65 bits per heavy atom. The lowest BCUT2D eigenvalue weighted by atomic mass is 10.1. The Morgan fingerprint density at radius 1 is 1.16 bits per heavy atom. The highest BCUT2D eigenvalue weighted by Crippen LogP contribution is 2.29. The van der Waals surface area contributed by atoms with Crippen LogP contribution in [0.1, 0.15) is 29.4 Å². The second-order valence-corrected chi connectivity index (χ2v) is 8.57. The molecule has 0 fully saturated rings. The highest BCUT2D eigenvalue weighted by molar-refractivity contribution is 7.91. The number of carbonyl (C=O) groups is 1. The molecule has 6 nitrogen and oxygen atoms in total. The molecule has 0 atom stereocenters. The Hall–Kier alpha value is -3.32. The zero-order chi connectivity index (χ0) is 22.6. The van der Waals surface area contributed by atoms with E-state index >= 15 is 0 Å². The fourth-order valence-electron chi connectivity index (χ4n) is 2.82. The van der Waals surface area contributed by atoms with Crippen molar-refractivity contribution in [2.24, 2.45) is 0 Å². The maximum absolute atomic E-state index is 12.9. The number of aromatic nitrogens is 2. The average Bonchev–Trinajstić information content (AvgIpc) is 3.01. The molecule has 162 valence electrons. The van der Waals surface area contributed by atoms with E-state index in [0.29, 0.717) is 5.65 Å². The largest absolute Gasteiger partial charge is 0.465 e. The zero-order valence-electron chi connectivity index (χ0n) is 16.3. The van der Waals surface area contributed by atoms with Gasteiger partial charge in [-0.3, -0.25) is 9.20 Å². The lowest BCUT2D eigenvalue weighted by Gasteiger charge is -2.06. The number of fused-ring (bicyclic) bond motifs is 1. The molecule has 3 rings (SSSR count). The summed E-state index contributed by atoms with van der Waals surface area (Å²) in [5.41, 5.74) is -0.0108. The number of nitrogens with zero attached hydrogens (tertiary/aromatic N) is 2. The molecule has 0 bridgehead atoms. The first kappa shape index (κ1) is 22.4. The molecule has 0 aliphatic carbocycles. The Balaban J connectivity index is 2.00. The SMILES string of the molecule is CCOC(=O)CS(=O)(=O)Cc1nc2ccccn2c1C#Cc1cccc(C(F)(F)F)c1. The summed E-state index contributed by atoms with van der Waals surface area (Å²) in [5.74, 6) is 3.12. The highest BCUT2D eigenvalue weighted by Gasteiger charge is 2.30. The van der Waals surface area contributed by atoms with Gasteiger partial charge in [0.25, 0.3) is 0 Å². The minimum Gasteiger partial charge on any atom is -0.465 e. The predicted octanol–water partition coefficient (Wildman–Crippen LogP) is 3.23. The van der Waals surface area contributed by atoms with E-state index in [2.05, 4.69) is 21.6 Å². The van der Waals surface area contributed by atoms with Gasteiger partial charge >= 0.3 is 12.1 Å². The molecule has 0 amide bonds. The lowest BCUT2D eigenvalue weighted by molar-refractivity contribution is -0.140. The van der Waals surface area contributed by atoms with Crippen molar-refractivity contribution < 1.29 is 31.1 Å². The third-order valence-corrected chi connectivity index (χ3v) is 5.51. The molecule has 1 aromatic carbocycles. The van der Waals surface area contributed by atoms with Crippen molar-refractivity contribution in [1.82, 2.24) is 9.38 Å². The molecule has 0 unspecified atom stereocenters. The third kappa shape index (κ3) is 5.64. The van der Waals surface area contributed by atoms with Crippen molar-refractivity contribution in [3.63, 3.8) is 0 Å². The van der Waals surface area contributed by atoms with Crippen molar-refractivity contribution in [3.8, 4) is 11.8 Å². The molecule has 0 N–H and O–H groups in total. The maximum Gasteiger partial charge on any atom is 0.416 e. The van der Waals surface area contributed by atoms with Crippen LogP contribution in [0, 0.1) is 11.8 Å². The summed E-state index contributed by atoms with van der Waals surface area (Å²) in [6.07, 6.45) is -2.90. The molecule has 0 aliphatic heterocycles. The average molecular weight is 450 g/mol. The monoisotopic (exact) mass is 450 g/mol. The van der Waals surface area contributed by atoms with E-state index in [0.717, 1.165) is 12.1 Å². The van der Waals surface area contributed by atoms with Crippen molar-refractivity contribution in [2.45, 2.75) is 18.9 Å². The number of pyridine rings is 1. The van der Waals surface area contributed by atoms with E-state index < -0.39 is 39.1 Å². The van der Waals surface area contributed by atoms with Gasteiger partial charge in [-0.1, -0.05) is 18.1 Å². The van der Waals surface area contributed by atoms with Gasteiger partial charge in [-0.25, -0.2) is 13.4 Å². The second kappa shape index (κ2) is 8.81. The molecule has 0 spiro atoms. The topological polar surface area (TPSA) is 77.7 Å². The number of esters is 1. The van der Waals surface area contributed by atoms with Crippen LogP contribution in [0.15, 0.2) is 48.7 Å². The Kier molecular flexibility index (Phi) is 6.36. The van der Waals surface area contributed by atoms with Crippen LogP contribution < -0.4 is 0 Å². The number of sulfone groups is 1. The van der Waals surface area contributed by atoms with Gasteiger partial charge in [0.2, 0.25) is 0 Å². The molecular formula is C21H17F3N2O4S. The van der Waals surface area contributed by atoms with Crippen LogP contribution in [0.5, 0.6) is 0 Å². The van der Waals surface area contributed by atoms with Crippen LogP contribution in [-0.4, -0.2) is 36.1 Å². The molecule has 2 heterocycles. The number of hydrogen-bond donors (Lipinski definition) is 0. The molecule has 2 aromatic heterocycles. The molecule has 3 aromatic rings. The fourth-order valence-corrected chi connectivity index (χ4v) is 3.99. The van der Waals surface area contributed by atoms with E-state index in [1.54, 1.807) is 31.3 Å². The predicted molar refractivity (Wildman–Crippen MR) is 107 cm³/mol. The van der Waals surface area contributed by atoms with Crippen LogP contribution in [0.2, 0.25) is 0 Å². The number of imidazole rings is 1. The Bertz CT molecular complexity index is 1290. The maximum atomic E-state index is 12.9. The standard InChI is InChI=1S/C21H17F3N2O4S/c1-2-30-20(27)14-31(28,29)13-17-18(26-11-4-3-8-19(26)25-17)10-9-15-6-5-7-16(12-15)21(22,23)24/h3-8,11-12H,2,13-14H2,1H3. The van der Waals surface area contributed by atoms with Gasteiger partial charge in [0.15, 0.2) is 9.84 Å². The van der Waals surface area contributed by atoms with E-state index in [4.69, 9.17) is 0 Å². The molecule has 10 heteroatoms. The fraction of sp³-hybridized carbons (Fsp3) is 0.238. The number of ether oxygens (including phenoxy) is 1. The van der Waals surface area contributed by atoms with E-state index in [-0.39, 0.29) is 23.6 Å². The number of halogens is 3. The first-order valence-corrected chi connectivity index (χ1v) is 10.9. The molecule has 0 aliphatic rings. The summed E-state index contributed by atoms with van der Waals surface area (Å²) >= 11 is 0. The summed E-state index contributed by atoms with van der Waals surface area (Å²) < 4.78 is 69.9. The van der Waals surface area contributed by atoms with Crippen LogP contribution in [-0.2, 0) is 31.3 Å². The van der Waals surface area contributed by atoms with Gasteiger partial charge in [0, 0.05) is 11.8 Å². The Morgan fingerprint density at radius 2 is 1.94 bits per heavy atom. The summed E-state index contributed by atoms with van der Waals surface area (Å²) in [4.78, 5) is 15.9. The van der Waals surface area contributed by atoms with Crippen molar-refractivity contribution in [1.29, 1.82) is 0 Å². The van der Waals surface area contributed by atoms with Gasteiger partial charge in [-0.2, -0.15) is 13.2 Å². The number of hydrogen-bond acceptors (Lipinski definition) is 5. The summed E-state index contributed by atoms with van der Waals surface area (Å²) in [6, 6.07) is 9.52. The third-order valence-electron chi connectivity index (χ3n) is 4.12. The summed E-state index contributed by atoms with van der Waals surface area (Å²) in [6.45, 7) is 1.62. The van der Waals surface area contributed by atoms with Crippen molar-refractivity contribution in [3.05, 3.63) is 71.2 Å². The normalized spacial score (nSPS) is 11.7. The minimum atomic E-state index is -4.51. The zero-order valence-corrected chi connectivity index (χ0v) is 17.1. The van der Waals surface area contributed by atoms with E-state index in [1.165, 1.54) is 16.5 Å². The van der Waals surface area contributed by atoms with Gasteiger partial charge in [-0.15, -0.1) is 0 Å². The molecule has 0 saturated carbocycles. The van der Waals surface area contributed by atoms with E-state index in [1.807, 2.05) is 0 Å². The van der Waals surface area contributed by atoms with E-state index in [9.17, 15) is 26.4 Å². The Labute approximate surface area is 176 Å². The minimum absolute atomic E-state index is 0.0520.